The van der Waals surface area contributed by atoms with Gasteiger partial charge in [-0.05, 0) is 38.5 Å². The Bertz CT molecular complexity index is 413. The SMILES string of the molecule is CC(C)NCC(=O)NC(C)c1ccc(OC(C)C)cc1. The summed E-state index contributed by atoms with van der Waals surface area (Å²) >= 11 is 0. The number of carbonyl (C=O) groups excluding carboxylic acids is 1. The normalized spacial score (nSPS) is 12.6. The first-order valence-corrected chi connectivity index (χ1v) is 7.18. The van der Waals surface area contributed by atoms with Gasteiger partial charge in [-0.15, -0.1) is 0 Å². The summed E-state index contributed by atoms with van der Waals surface area (Å²) in [5.74, 6) is 0.859. The minimum Gasteiger partial charge on any atom is -0.491 e. The third-order valence-electron chi connectivity index (χ3n) is 2.80. The van der Waals surface area contributed by atoms with Crippen LogP contribution in [-0.2, 0) is 4.79 Å². The summed E-state index contributed by atoms with van der Waals surface area (Å²) in [7, 11) is 0. The molecule has 2 N–H and O–H groups in total. The van der Waals surface area contributed by atoms with Gasteiger partial charge in [0.1, 0.15) is 5.75 Å². The van der Waals surface area contributed by atoms with E-state index in [-0.39, 0.29) is 18.1 Å². The topological polar surface area (TPSA) is 50.4 Å². The lowest BCUT2D eigenvalue weighted by Gasteiger charge is -2.16. The summed E-state index contributed by atoms with van der Waals surface area (Å²) in [6, 6.07) is 8.14. The molecule has 112 valence electrons. The maximum atomic E-state index is 11.7. The van der Waals surface area contributed by atoms with Crippen molar-refractivity contribution < 1.29 is 9.53 Å². The number of hydrogen-bond donors (Lipinski definition) is 2. The van der Waals surface area contributed by atoms with E-state index in [1.807, 2.05) is 58.9 Å². The molecular weight excluding hydrogens is 252 g/mol. The summed E-state index contributed by atoms with van der Waals surface area (Å²) in [6.07, 6.45) is 0.167. The van der Waals surface area contributed by atoms with Gasteiger partial charge in [-0.1, -0.05) is 26.0 Å². The van der Waals surface area contributed by atoms with Crippen LogP contribution in [-0.4, -0.2) is 24.6 Å². The molecule has 0 heterocycles. The second kappa shape index (κ2) is 7.90. The maximum Gasteiger partial charge on any atom is 0.234 e. The van der Waals surface area contributed by atoms with Crippen molar-refractivity contribution in [3.63, 3.8) is 0 Å². The van der Waals surface area contributed by atoms with Crippen molar-refractivity contribution >= 4 is 5.91 Å². The first-order valence-electron chi connectivity index (χ1n) is 7.18. The molecule has 0 spiro atoms. The van der Waals surface area contributed by atoms with Gasteiger partial charge >= 0.3 is 0 Å². The number of amides is 1. The minimum atomic E-state index is -0.00966. The van der Waals surface area contributed by atoms with Crippen molar-refractivity contribution in [1.82, 2.24) is 10.6 Å². The van der Waals surface area contributed by atoms with Crippen molar-refractivity contribution in [2.24, 2.45) is 0 Å². The van der Waals surface area contributed by atoms with Crippen LogP contribution in [0.1, 0.15) is 46.2 Å². The lowest BCUT2D eigenvalue weighted by Crippen LogP contribution is -2.37. The zero-order valence-electron chi connectivity index (χ0n) is 13.1. The molecule has 1 rings (SSSR count). The summed E-state index contributed by atoms with van der Waals surface area (Å²) < 4.78 is 5.60. The average molecular weight is 278 g/mol. The molecule has 1 aromatic carbocycles. The fourth-order valence-corrected chi connectivity index (χ4v) is 1.78. The Morgan fingerprint density at radius 3 is 2.20 bits per heavy atom. The number of carbonyl (C=O) groups is 1. The van der Waals surface area contributed by atoms with Gasteiger partial charge in [0.2, 0.25) is 5.91 Å². The van der Waals surface area contributed by atoms with E-state index in [4.69, 9.17) is 4.74 Å². The summed E-state index contributed by atoms with van der Waals surface area (Å²) in [4.78, 5) is 11.7. The highest BCUT2D eigenvalue weighted by molar-refractivity contribution is 5.78. The molecule has 4 heteroatoms. The number of nitrogens with one attached hydrogen (secondary N) is 2. The number of hydrogen-bond acceptors (Lipinski definition) is 3. The van der Waals surface area contributed by atoms with Crippen LogP contribution in [0.25, 0.3) is 0 Å². The molecule has 0 saturated carbocycles. The van der Waals surface area contributed by atoms with Gasteiger partial charge in [-0.25, -0.2) is 0 Å². The van der Waals surface area contributed by atoms with E-state index in [1.54, 1.807) is 0 Å². The van der Waals surface area contributed by atoms with Crippen LogP contribution in [0, 0.1) is 0 Å². The minimum absolute atomic E-state index is 0.00806. The average Bonchev–Trinajstić information content (AvgIpc) is 2.36. The molecule has 1 unspecified atom stereocenters. The summed E-state index contributed by atoms with van der Waals surface area (Å²) in [5, 5.41) is 6.07. The van der Waals surface area contributed by atoms with E-state index in [1.165, 1.54) is 0 Å². The van der Waals surface area contributed by atoms with Gasteiger partial charge < -0.3 is 15.4 Å². The monoisotopic (exact) mass is 278 g/mol. The number of ether oxygens (including phenoxy) is 1. The Labute approximate surface area is 121 Å². The smallest absolute Gasteiger partial charge is 0.234 e. The van der Waals surface area contributed by atoms with E-state index in [2.05, 4.69) is 10.6 Å². The molecule has 0 aliphatic carbocycles. The Balaban J connectivity index is 2.50. The molecule has 0 aromatic heterocycles. The van der Waals surface area contributed by atoms with Crippen molar-refractivity contribution in [3.05, 3.63) is 29.8 Å². The van der Waals surface area contributed by atoms with Gasteiger partial charge in [0.05, 0.1) is 18.7 Å². The van der Waals surface area contributed by atoms with Crippen LogP contribution < -0.4 is 15.4 Å². The zero-order valence-corrected chi connectivity index (χ0v) is 13.1. The van der Waals surface area contributed by atoms with Gasteiger partial charge in [0.25, 0.3) is 0 Å². The third-order valence-corrected chi connectivity index (χ3v) is 2.80. The quantitative estimate of drug-likeness (QED) is 0.806. The molecule has 1 aromatic rings. The Morgan fingerprint density at radius 2 is 1.70 bits per heavy atom. The van der Waals surface area contributed by atoms with Crippen LogP contribution in [0.4, 0.5) is 0 Å². The fourth-order valence-electron chi connectivity index (χ4n) is 1.78. The van der Waals surface area contributed by atoms with Crippen molar-refractivity contribution in [1.29, 1.82) is 0 Å². The first kappa shape index (κ1) is 16.5. The molecule has 0 radical (unpaired) electrons. The molecule has 1 amide bonds. The van der Waals surface area contributed by atoms with E-state index >= 15 is 0 Å². The molecular formula is C16H26N2O2. The number of benzene rings is 1. The van der Waals surface area contributed by atoms with Crippen LogP contribution in [0.2, 0.25) is 0 Å². The highest BCUT2D eigenvalue weighted by Gasteiger charge is 2.10. The Morgan fingerprint density at radius 1 is 1.10 bits per heavy atom. The maximum absolute atomic E-state index is 11.7. The first-order chi connectivity index (χ1) is 9.38. The molecule has 4 nitrogen and oxygen atoms in total. The van der Waals surface area contributed by atoms with Crippen molar-refractivity contribution in [3.8, 4) is 5.75 Å². The lowest BCUT2D eigenvalue weighted by atomic mass is 10.1. The lowest BCUT2D eigenvalue weighted by molar-refractivity contribution is -0.121. The largest absolute Gasteiger partial charge is 0.491 e. The van der Waals surface area contributed by atoms with Crippen LogP contribution in [0.15, 0.2) is 24.3 Å². The number of rotatable bonds is 7. The molecule has 0 bridgehead atoms. The van der Waals surface area contributed by atoms with Gasteiger partial charge in [0, 0.05) is 6.04 Å². The highest BCUT2D eigenvalue weighted by Crippen LogP contribution is 2.18. The predicted molar refractivity (Wildman–Crippen MR) is 81.9 cm³/mol. The Kier molecular flexibility index (Phi) is 6.52. The molecule has 0 saturated heterocycles. The molecule has 20 heavy (non-hydrogen) atoms. The van der Waals surface area contributed by atoms with Gasteiger partial charge in [0.15, 0.2) is 0 Å². The molecule has 0 fully saturated rings. The second-order valence-corrected chi connectivity index (χ2v) is 5.56. The van der Waals surface area contributed by atoms with E-state index in [9.17, 15) is 4.79 Å². The van der Waals surface area contributed by atoms with Gasteiger partial charge in [-0.2, -0.15) is 0 Å². The predicted octanol–water partition coefficient (Wildman–Crippen LogP) is 2.65. The third kappa shape index (κ3) is 6.06. The summed E-state index contributed by atoms with van der Waals surface area (Å²) in [5.41, 5.74) is 1.07. The van der Waals surface area contributed by atoms with Crippen molar-refractivity contribution in [2.75, 3.05) is 6.54 Å². The van der Waals surface area contributed by atoms with Crippen LogP contribution in [0.3, 0.4) is 0 Å². The van der Waals surface area contributed by atoms with E-state index < -0.39 is 0 Å². The second-order valence-electron chi connectivity index (χ2n) is 5.56. The highest BCUT2D eigenvalue weighted by atomic mass is 16.5. The Hall–Kier alpha value is -1.55. The fraction of sp³-hybridized carbons (Fsp3) is 0.562. The molecule has 0 aliphatic rings. The molecule has 0 aliphatic heterocycles. The van der Waals surface area contributed by atoms with Crippen LogP contribution >= 0.6 is 0 Å². The zero-order chi connectivity index (χ0) is 15.1. The van der Waals surface area contributed by atoms with Crippen molar-refractivity contribution in [2.45, 2.75) is 52.8 Å². The standard InChI is InChI=1S/C16H26N2O2/c1-11(2)17-10-16(19)18-13(5)14-6-8-15(9-7-14)20-12(3)4/h6-9,11-13,17H,10H2,1-5H3,(H,18,19). The van der Waals surface area contributed by atoms with E-state index in [0.29, 0.717) is 12.6 Å². The van der Waals surface area contributed by atoms with Crippen LogP contribution in [0.5, 0.6) is 5.75 Å². The molecule has 1 atom stereocenters. The van der Waals surface area contributed by atoms with Gasteiger partial charge in [-0.3, -0.25) is 4.79 Å². The summed E-state index contributed by atoms with van der Waals surface area (Å²) in [6.45, 7) is 10.4. The van der Waals surface area contributed by atoms with E-state index in [0.717, 1.165) is 11.3 Å².